The van der Waals surface area contributed by atoms with E-state index in [0.717, 1.165) is 16.9 Å². The lowest BCUT2D eigenvalue weighted by Crippen LogP contribution is -1.99. The summed E-state index contributed by atoms with van der Waals surface area (Å²) < 4.78 is 5.71. The van der Waals surface area contributed by atoms with E-state index in [1.807, 2.05) is 31.2 Å². The molecule has 1 heterocycles. The van der Waals surface area contributed by atoms with Gasteiger partial charge in [0.25, 0.3) is 0 Å². The van der Waals surface area contributed by atoms with Gasteiger partial charge in [0.2, 0.25) is 5.88 Å². The molecule has 0 aliphatic carbocycles. The number of anilines is 1. The van der Waals surface area contributed by atoms with Crippen LogP contribution in [0.5, 0.6) is 11.6 Å². The molecule has 0 radical (unpaired) electrons. The van der Waals surface area contributed by atoms with Gasteiger partial charge >= 0.3 is 0 Å². The first-order valence-electron chi connectivity index (χ1n) is 5.87. The second kappa shape index (κ2) is 5.83. The molecule has 96 valence electrons. The number of ether oxygens (including phenoxy) is 1. The Morgan fingerprint density at radius 1 is 1.26 bits per heavy atom. The van der Waals surface area contributed by atoms with Crippen molar-refractivity contribution in [2.24, 2.45) is 0 Å². The Morgan fingerprint density at radius 2 is 2.00 bits per heavy atom. The minimum atomic E-state index is 0.400. The minimum Gasteiger partial charge on any atom is -0.439 e. The van der Waals surface area contributed by atoms with Gasteiger partial charge in [-0.3, -0.25) is 0 Å². The number of hydrogen-bond acceptors (Lipinski definition) is 5. The summed E-state index contributed by atoms with van der Waals surface area (Å²) in [5, 5.41) is 11.6. The molecule has 5 heteroatoms. The van der Waals surface area contributed by atoms with Crippen LogP contribution in [-0.4, -0.2) is 17.0 Å². The molecule has 0 saturated carbocycles. The van der Waals surface area contributed by atoms with E-state index in [2.05, 4.69) is 21.4 Å². The molecular formula is C14H14N4O. The number of hydrogen-bond donors (Lipinski definition) is 1. The Bertz CT molecular complexity index is 602. The van der Waals surface area contributed by atoms with Crippen molar-refractivity contribution in [3.8, 4) is 17.7 Å². The topological polar surface area (TPSA) is 70.8 Å². The number of nitrogens with one attached hydrogen (secondary N) is 1. The summed E-state index contributed by atoms with van der Waals surface area (Å²) in [5.41, 5.74) is 1.82. The van der Waals surface area contributed by atoms with Crippen LogP contribution in [0.2, 0.25) is 0 Å². The fourth-order valence-electron chi connectivity index (χ4n) is 1.67. The van der Waals surface area contributed by atoms with E-state index in [1.54, 1.807) is 7.05 Å². The van der Waals surface area contributed by atoms with Crippen LogP contribution in [-0.2, 0) is 6.42 Å². The van der Waals surface area contributed by atoms with Crippen LogP contribution in [0.4, 0.5) is 5.82 Å². The zero-order chi connectivity index (χ0) is 13.7. The van der Waals surface area contributed by atoms with Gasteiger partial charge in [-0.1, -0.05) is 12.1 Å². The summed E-state index contributed by atoms with van der Waals surface area (Å²) in [6.45, 7) is 1.89. The number of nitrogens with zero attached hydrogens (tertiary/aromatic N) is 3. The van der Waals surface area contributed by atoms with E-state index >= 15 is 0 Å². The van der Waals surface area contributed by atoms with Crippen molar-refractivity contribution >= 4 is 5.82 Å². The van der Waals surface area contributed by atoms with Crippen LogP contribution < -0.4 is 10.1 Å². The Balaban J connectivity index is 2.19. The summed E-state index contributed by atoms with van der Waals surface area (Å²) in [7, 11) is 1.80. The van der Waals surface area contributed by atoms with E-state index in [9.17, 15) is 0 Å². The van der Waals surface area contributed by atoms with Gasteiger partial charge in [0, 0.05) is 7.05 Å². The summed E-state index contributed by atoms with van der Waals surface area (Å²) >= 11 is 0. The average molecular weight is 254 g/mol. The Kier molecular flexibility index (Phi) is 3.94. The summed E-state index contributed by atoms with van der Waals surface area (Å²) in [6, 6.07) is 9.50. The normalized spacial score (nSPS) is 9.74. The third kappa shape index (κ3) is 2.99. The molecule has 0 saturated heterocycles. The lowest BCUT2D eigenvalue weighted by molar-refractivity contribution is 0.457. The van der Waals surface area contributed by atoms with Crippen molar-refractivity contribution in [3.63, 3.8) is 0 Å². The minimum absolute atomic E-state index is 0.400. The Hall–Kier alpha value is -2.61. The van der Waals surface area contributed by atoms with E-state index in [4.69, 9.17) is 10.00 Å². The van der Waals surface area contributed by atoms with Crippen LogP contribution in [0.1, 0.15) is 11.1 Å². The van der Waals surface area contributed by atoms with E-state index in [0.29, 0.717) is 18.1 Å². The fraction of sp³-hybridized carbons (Fsp3) is 0.214. The molecule has 2 aromatic rings. The molecule has 0 spiro atoms. The molecule has 0 aliphatic heterocycles. The van der Waals surface area contributed by atoms with Crippen molar-refractivity contribution in [1.29, 1.82) is 5.26 Å². The first kappa shape index (κ1) is 12.8. The molecule has 5 nitrogen and oxygen atoms in total. The van der Waals surface area contributed by atoms with Gasteiger partial charge in [0.05, 0.1) is 18.1 Å². The van der Waals surface area contributed by atoms with Gasteiger partial charge < -0.3 is 10.1 Å². The number of nitriles is 1. The summed E-state index contributed by atoms with van der Waals surface area (Å²) in [4.78, 5) is 8.21. The molecule has 1 aromatic carbocycles. The maximum absolute atomic E-state index is 8.61. The van der Waals surface area contributed by atoms with Gasteiger partial charge in [0.15, 0.2) is 0 Å². The van der Waals surface area contributed by atoms with Crippen LogP contribution in [0.3, 0.4) is 0 Å². The second-order valence-corrected chi connectivity index (χ2v) is 3.98. The number of benzene rings is 1. The molecule has 0 amide bonds. The molecule has 0 aliphatic rings. The van der Waals surface area contributed by atoms with Crippen LogP contribution >= 0.6 is 0 Å². The Labute approximate surface area is 111 Å². The maximum atomic E-state index is 8.61. The van der Waals surface area contributed by atoms with E-state index < -0.39 is 0 Å². The van der Waals surface area contributed by atoms with Crippen LogP contribution in [0, 0.1) is 18.3 Å². The second-order valence-electron chi connectivity index (χ2n) is 3.98. The van der Waals surface area contributed by atoms with Crippen LogP contribution in [0.15, 0.2) is 30.6 Å². The van der Waals surface area contributed by atoms with Crippen molar-refractivity contribution in [2.45, 2.75) is 13.3 Å². The van der Waals surface area contributed by atoms with Crippen molar-refractivity contribution in [2.75, 3.05) is 12.4 Å². The standard InChI is InChI=1S/C14H14N4O/c1-10-13(16-2)17-9-18-14(10)19-12-5-3-11(4-6-12)7-8-15/h3-6,9H,7H2,1-2H3,(H,16,17,18). The highest BCUT2D eigenvalue weighted by molar-refractivity contribution is 5.48. The fourth-order valence-corrected chi connectivity index (χ4v) is 1.67. The van der Waals surface area contributed by atoms with E-state index in [1.165, 1.54) is 6.33 Å². The van der Waals surface area contributed by atoms with Gasteiger partial charge in [-0.15, -0.1) is 0 Å². The lowest BCUT2D eigenvalue weighted by Gasteiger charge is -2.10. The first-order chi connectivity index (χ1) is 9.24. The van der Waals surface area contributed by atoms with Gasteiger partial charge in [-0.25, -0.2) is 9.97 Å². The zero-order valence-electron chi connectivity index (χ0n) is 10.8. The smallest absolute Gasteiger partial charge is 0.227 e. The molecule has 0 atom stereocenters. The van der Waals surface area contributed by atoms with Crippen LogP contribution in [0.25, 0.3) is 0 Å². The monoisotopic (exact) mass is 254 g/mol. The van der Waals surface area contributed by atoms with Gasteiger partial charge in [0.1, 0.15) is 17.9 Å². The summed E-state index contributed by atoms with van der Waals surface area (Å²) in [6.07, 6.45) is 1.86. The maximum Gasteiger partial charge on any atom is 0.227 e. The highest BCUT2D eigenvalue weighted by Crippen LogP contribution is 2.25. The Morgan fingerprint density at radius 3 is 2.63 bits per heavy atom. The predicted octanol–water partition coefficient (Wildman–Crippen LogP) is 2.69. The summed E-state index contributed by atoms with van der Waals surface area (Å²) in [5.74, 6) is 1.95. The quantitative estimate of drug-likeness (QED) is 0.908. The largest absolute Gasteiger partial charge is 0.439 e. The third-order valence-electron chi connectivity index (χ3n) is 2.70. The molecule has 2 rings (SSSR count). The number of aromatic nitrogens is 2. The number of rotatable bonds is 4. The van der Waals surface area contributed by atoms with Crippen molar-refractivity contribution in [3.05, 3.63) is 41.7 Å². The van der Waals surface area contributed by atoms with Gasteiger partial charge in [-0.2, -0.15) is 5.26 Å². The molecule has 1 N–H and O–H groups in total. The molecular weight excluding hydrogens is 240 g/mol. The molecule has 0 unspecified atom stereocenters. The predicted molar refractivity (Wildman–Crippen MR) is 72.1 cm³/mol. The molecule has 19 heavy (non-hydrogen) atoms. The van der Waals surface area contributed by atoms with E-state index in [-0.39, 0.29) is 0 Å². The lowest BCUT2D eigenvalue weighted by atomic mass is 10.2. The first-order valence-corrected chi connectivity index (χ1v) is 5.87. The zero-order valence-corrected chi connectivity index (χ0v) is 10.8. The highest BCUT2D eigenvalue weighted by Gasteiger charge is 2.07. The highest BCUT2D eigenvalue weighted by atomic mass is 16.5. The SMILES string of the molecule is CNc1ncnc(Oc2ccc(CC#N)cc2)c1C. The average Bonchev–Trinajstić information content (AvgIpc) is 2.43. The third-order valence-corrected chi connectivity index (χ3v) is 2.70. The molecule has 0 bridgehead atoms. The molecule has 1 aromatic heterocycles. The molecule has 0 fully saturated rings. The van der Waals surface area contributed by atoms with Crippen molar-refractivity contribution in [1.82, 2.24) is 9.97 Å². The van der Waals surface area contributed by atoms with Crippen molar-refractivity contribution < 1.29 is 4.74 Å². The van der Waals surface area contributed by atoms with Gasteiger partial charge in [-0.05, 0) is 24.6 Å².